The van der Waals surface area contributed by atoms with Gasteiger partial charge in [-0.25, -0.2) is 0 Å². The Morgan fingerprint density at radius 1 is 1.50 bits per heavy atom. The van der Waals surface area contributed by atoms with Gasteiger partial charge in [0.2, 0.25) is 5.91 Å². The van der Waals surface area contributed by atoms with Gasteiger partial charge in [-0.2, -0.15) is 0 Å². The van der Waals surface area contributed by atoms with Crippen LogP contribution in [0.25, 0.3) is 0 Å². The Morgan fingerprint density at radius 3 is 2.91 bits per heavy atom. The number of anilines is 1. The fourth-order valence-electron chi connectivity index (χ4n) is 2.03. The topological polar surface area (TPSA) is 78.6 Å². The van der Waals surface area contributed by atoms with Crippen molar-refractivity contribution in [3.8, 4) is 0 Å². The summed E-state index contributed by atoms with van der Waals surface area (Å²) in [5.74, 6) is 0.778. The summed E-state index contributed by atoms with van der Waals surface area (Å²) in [7, 11) is 1.75. The Kier molecular flexibility index (Phi) is 5.54. The lowest BCUT2D eigenvalue weighted by Gasteiger charge is -2.20. The third-order valence-corrected chi connectivity index (χ3v) is 3.26. The minimum absolute atomic E-state index is 0.129. The van der Waals surface area contributed by atoms with Crippen LogP contribution in [0.5, 0.6) is 0 Å². The van der Waals surface area contributed by atoms with Crippen LogP contribution in [-0.4, -0.2) is 41.2 Å². The van der Waals surface area contributed by atoms with Crippen molar-refractivity contribution in [1.82, 2.24) is 10.1 Å². The molecule has 1 aromatic heterocycles. The number of benzene rings is 1. The second kappa shape index (κ2) is 7.40. The van der Waals surface area contributed by atoms with E-state index in [-0.39, 0.29) is 12.5 Å². The second-order valence-corrected chi connectivity index (χ2v) is 5.57. The van der Waals surface area contributed by atoms with Crippen LogP contribution < -0.4 is 5.32 Å². The van der Waals surface area contributed by atoms with Gasteiger partial charge in [0, 0.05) is 17.6 Å². The predicted octanol–water partition coefficient (Wildman–Crippen LogP) is 2.24. The van der Waals surface area contributed by atoms with Crippen LogP contribution in [0.1, 0.15) is 17.4 Å². The van der Waals surface area contributed by atoms with E-state index in [1.165, 1.54) is 0 Å². The maximum absolute atomic E-state index is 11.9. The molecule has 1 amide bonds. The summed E-state index contributed by atoms with van der Waals surface area (Å²) in [5.41, 5.74) is 0.715. The first-order valence-corrected chi connectivity index (χ1v) is 7.17. The molecule has 6 nitrogen and oxygen atoms in total. The normalized spacial score (nSPS) is 12.4. The minimum atomic E-state index is -0.717. The molecule has 118 valence electrons. The van der Waals surface area contributed by atoms with Crippen molar-refractivity contribution >= 4 is 23.3 Å². The third kappa shape index (κ3) is 4.84. The average molecular weight is 324 g/mol. The number of carbonyl (C=O) groups excluding carboxylic acids is 1. The van der Waals surface area contributed by atoms with Gasteiger partial charge in [0.25, 0.3) is 0 Å². The number of aliphatic hydroxyl groups is 1. The number of amides is 1. The van der Waals surface area contributed by atoms with Crippen LogP contribution in [0.15, 0.2) is 34.9 Å². The molecule has 1 unspecified atom stereocenters. The largest absolute Gasteiger partial charge is 0.387 e. The highest BCUT2D eigenvalue weighted by Gasteiger charge is 2.14. The van der Waals surface area contributed by atoms with Crippen LogP contribution in [-0.2, 0) is 4.79 Å². The van der Waals surface area contributed by atoms with Crippen LogP contribution in [0.4, 0.5) is 5.82 Å². The van der Waals surface area contributed by atoms with E-state index in [0.717, 1.165) is 0 Å². The maximum atomic E-state index is 11.9. The van der Waals surface area contributed by atoms with Crippen LogP contribution in [0, 0.1) is 6.92 Å². The van der Waals surface area contributed by atoms with Gasteiger partial charge in [-0.15, -0.1) is 0 Å². The highest BCUT2D eigenvalue weighted by atomic mass is 35.5. The molecule has 0 bridgehead atoms. The quantitative estimate of drug-likeness (QED) is 0.852. The molecule has 0 fully saturated rings. The van der Waals surface area contributed by atoms with Crippen LogP contribution in [0.3, 0.4) is 0 Å². The highest BCUT2D eigenvalue weighted by molar-refractivity contribution is 6.30. The molecule has 22 heavy (non-hydrogen) atoms. The first kappa shape index (κ1) is 16.5. The summed E-state index contributed by atoms with van der Waals surface area (Å²) in [5, 5.41) is 17.0. The number of hydrogen-bond acceptors (Lipinski definition) is 5. The lowest BCUT2D eigenvalue weighted by Crippen LogP contribution is -2.33. The van der Waals surface area contributed by atoms with Crippen molar-refractivity contribution in [2.24, 2.45) is 0 Å². The molecule has 2 aromatic rings. The standard InChI is InChI=1S/C15H18ClN3O3/c1-10-6-14(18-22-10)17-15(21)9-19(2)8-13(20)11-4-3-5-12(16)7-11/h3-7,13,20H,8-9H2,1-2H3,(H,17,18,21). The molecule has 0 spiro atoms. The molecule has 2 rings (SSSR count). The summed E-state index contributed by atoms with van der Waals surface area (Å²) < 4.78 is 4.87. The molecule has 0 saturated heterocycles. The van der Waals surface area contributed by atoms with Gasteiger partial charge in [0.15, 0.2) is 5.82 Å². The molecule has 7 heteroatoms. The Morgan fingerprint density at radius 2 is 2.27 bits per heavy atom. The first-order valence-electron chi connectivity index (χ1n) is 6.79. The summed E-state index contributed by atoms with van der Waals surface area (Å²) in [4.78, 5) is 13.6. The molecular formula is C15H18ClN3O3. The van der Waals surface area contributed by atoms with Gasteiger partial charge in [-0.1, -0.05) is 28.9 Å². The number of nitrogens with zero attached hydrogens (tertiary/aromatic N) is 2. The van der Waals surface area contributed by atoms with Crippen molar-refractivity contribution in [1.29, 1.82) is 0 Å². The Labute approximate surface area is 133 Å². The zero-order valence-electron chi connectivity index (χ0n) is 12.4. The van der Waals surface area contributed by atoms with Gasteiger partial charge in [-0.3, -0.25) is 9.69 Å². The van der Waals surface area contributed by atoms with E-state index < -0.39 is 6.10 Å². The number of halogens is 1. The zero-order valence-corrected chi connectivity index (χ0v) is 13.2. The molecular weight excluding hydrogens is 306 g/mol. The van der Waals surface area contributed by atoms with Gasteiger partial charge in [0.05, 0.1) is 12.6 Å². The van der Waals surface area contributed by atoms with Crippen molar-refractivity contribution in [3.05, 3.63) is 46.7 Å². The van der Waals surface area contributed by atoms with Crippen molar-refractivity contribution in [2.75, 3.05) is 25.5 Å². The number of carbonyl (C=O) groups is 1. The van der Waals surface area contributed by atoms with E-state index in [2.05, 4.69) is 10.5 Å². The SMILES string of the molecule is Cc1cc(NC(=O)CN(C)CC(O)c2cccc(Cl)c2)no1. The van der Waals surface area contributed by atoms with E-state index in [4.69, 9.17) is 16.1 Å². The van der Waals surface area contributed by atoms with E-state index in [0.29, 0.717) is 28.7 Å². The number of rotatable bonds is 6. The number of hydrogen-bond donors (Lipinski definition) is 2. The third-order valence-electron chi connectivity index (χ3n) is 3.03. The van der Waals surface area contributed by atoms with Gasteiger partial charge < -0.3 is 14.9 Å². The summed E-state index contributed by atoms with van der Waals surface area (Å²) in [6.45, 7) is 2.19. The van der Waals surface area contributed by atoms with Gasteiger partial charge in [-0.05, 0) is 31.7 Å². The number of aliphatic hydroxyl groups excluding tert-OH is 1. The minimum Gasteiger partial charge on any atom is -0.387 e. The van der Waals surface area contributed by atoms with Crippen molar-refractivity contribution in [3.63, 3.8) is 0 Å². The first-order chi connectivity index (χ1) is 10.4. The van der Waals surface area contributed by atoms with E-state index >= 15 is 0 Å². The fourth-order valence-corrected chi connectivity index (χ4v) is 2.23. The van der Waals surface area contributed by atoms with Crippen molar-refractivity contribution < 1.29 is 14.4 Å². The van der Waals surface area contributed by atoms with Gasteiger partial charge >= 0.3 is 0 Å². The Hall–Kier alpha value is -1.89. The predicted molar refractivity (Wildman–Crippen MR) is 83.8 cm³/mol. The molecule has 1 aromatic carbocycles. The maximum Gasteiger partial charge on any atom is 0.239 e. The lowest BCUT2D eigenvalue weighted by atomic mass is 10.1. The fraction of sp³-hybridized carbons (Fsp3) is 0.333. The Bertz CT molecular complexity index is 644. The van der Waals surface area contributed by atoms with E-state index in [1.807, 2.05) is 0 Å². The Balaban J connectivity index is 1.84. The lowest BCUT2D eigenvalue weighted by molar-refractivity contribution is -0.117. The monoisotopic (exact) mass is 323 g/mol. The highest BCUT2D eigenvalue weighted by Crippen LogP contribution is 2.18. The van der Waals surface area contributed by atoms with E-state index in [1.54, 1.807) is 49.2 Å². The number of aromatic nitrogens is 1. The second-order valence-electron chi connectivity index (χ2n) is 5.14. The molecule has 1 atom stereocenters. The molecule has 0 radical (unpaired) electrons. The molecule has 2 N–H and O–H groups in total. The molecule has 0 aliphatic rings. The average Bonchev–Trinajstić information content (AvgIpc) is 2.83. The number of nitrogens with one attached hydrogen (secondary N) is 1. The zero-order chi connectivity index (χ0) is 16.1. The van der Waals surface area contributed by atoms with Crippen molar-refractivity contribution in [2.45, 2.75) is 13.0 Å². The number of likely N-dealkylation sites (N-methyl/N-ethyl adjacent to an activating group) is 1. The van der Waals surface area contributed by atoms with Gasteiger partial charge in [0.1, 0.15) is 5.76 Å². The summed E-state index contributed by atoms with van der Waals surface area (Å²) >= 11 is 5.90. The molecule has 1 heterocycles. The summed E-state index contributed by atoms with van der Waals surface area (Å²) in [6.07, 6.45) is -0.717. The smallest absolute Gasteiger partial charge is 0.239 e. The molecule has 0 aliphatic carbocycles. The molecule has 0 saturated carbocycles. The number of aryl methyl sites for hydroxylation is 1. The van der Waals surface area contributed by atoms with E-state index in [9.17, 15) is 9.90 Å². The summed E-state index contributed by atoms with van der Waals surface area (Å²) in [6, 6.07) is 8.66. The molecule has 0 aliphatic heterocycles. The van der Waals surface area contributed by atoms with Crippen LogP contribution in [0.2, 0.25) is 5.02 Å². The van der Waals surface area contributed by atoms with Crippen LogP contribution >= 0.6 is 11.6 Å².